The van der Waals surface area contributed by atoms with Crippen LogP contribution in [0.1, 0.15) is 16.0 Å². The number of hydrogen-bond acceptors (Lipinski definition) is 6. The summed E-state index contributed by atoms with van der Waals surface area (Å²) in [6.07, 6.45) is 0.641. The van der Waals surface area contributed by atoms with Crippen molar-refractivity contribution in [1.82, 2.24) is 15.1 Å². The number of benzene rings is 1. The summed E-state index contributed by atoms with van der Waals surface area (Å²) in [5.74, 6) is -0.511. The number of anilines is 1. The molecule has 1 unspecified atom stereocenters. The summed E-state index contributed by atoms with van der Waals surface area (Å²) in [7, 11) is 3.93. The molecule has 1 saturated heterocycles. The van der Waals surface area contributed by atoms with Gasteiger partial charge in [0.15, 0.2) is 0 Å². The number of nitrogens with one attached hydrogen (secondary N) is 2. The SMILES string of the molecule is CN(C)C1CN(C(=O)/C=C/c2csc(/C=C3/Sc4ccc(C(F)(F)F)cc4NC3=O)c2)CCN1. The number of halogens is 3. The Morgan fingerprint density at radius 1 is 1.26 bits per heavy atom. The fraction of sp³-hybridized carbons (Fsp3) is 0.304. The average Bonchev–Trinajstić information content (AvgIpc) is 3.24. The standard InChI is InChI=1S/C23H23F3N4O2S2/c1-29(2)20-12-30(8-7-27-20)21(31)6-3-14-9-16(33-13-14)11-19-22(32)28-17-10-15(23(24,25)26)4-5-18(17)34-19/h3-6,9-11,13,20,27H,7-8,12H2,1-2H3,(H,28,32)/b6-3+,19-11+. The highest BCUT2D eigenvalue weighted by Crippen LogP contribution is 2.42. The van der Waals surface area contributed by atoms with Crippen molar-refractivity contribution >= 4 is 52.8 Å². The minimum absolute atomic E-state index is 0.0588. The predicted molar refractivity (Wildman–Crippen MR) is 129 cm³/mol. The lowest BCUT2D eigenvalue weighted by molar-refractivity contribution is -0.137. The van der Waals surface area contributed by atoms with Gasteiger partial charge in [0.1, 0.15) is 0 Å². The smallest absolute Gasteiger partial charge is 0.335 e. The van der Waals surface area contributed by atoms with Gasteiger partial charge in [-0.2, -0.15) is 13.2 Å². The third kappa shape index (κ3) is 5.72. The van der Waals surface area contributed by atoms with E-state index in [2.05, 4.69) is 10.6 Å². The molecule has 2 aliphatic heterocycles. The molecule has 180 valence electrons. The van der Waals surface area contributed by atoms with Crippen LogP contribution in [0.2, 0.25) is 0 Å². The van der Waals surface area contributed by atoms with Crippen LogP contribution in [0.25, 0.3) is 12.2 Å². The molecule has 0 saturated carbocycles. The molecule has 0 radical (unpaired) electrons. The highest BCUT2D eigenvalue weighted by atomic mass is 32.2. The van der Waals surface area contributed by atoms with Crippen LogP contribution in [0.5, 0.6) is 0 Å². The first kappa shape index (κ1) is 24.5. The first-order valence-electron chi connectivity index (χ1n) is 10.5. The van der Waals surface area contributed by atoms with E-state index < -0.39 is 17.6 Å². The highest BCUT2D eigenvalue weighted by Gasteiger charge is 2.32. The maximum absolute atomic E-state index is 12.9. The third-order valence-electron chi connectivity index (χ3n) is 5.42. The highest BCUT2D eigenvalue weighted by molar-refractivity contribution is 8.04. The summed E-state index contributed by atoms with van der Waals surface area (Å²) in [4.78, 5) is 30.6. The number of alkyl halides is 3. The van der Waals surface area contributed by atoms with Crippen LogP contribution in [-0.4, -0.2) is 61.5 Å². The number of thiophene rings is 1. The number of thioether (sulfide) groups is 1. The second-order valence-corrected chi connectivity index (χ2v) is 10.1. The molecule has 6 nitrogen and oxygen atoms in total. The number of fused-ring (bicyclic) bond motifs is 1. The second kappa shape index (κ2) is 9.95. The topological polar surface area (TPSA) is 64.7 Å². The zero-order valence-electron chi connectivity index (χ0n) is 18.5. The van der Waals surface area contributed by atoms with Crippen molar-refractivity contribution in [2.45, 2.75) is 17.2 Å². The molecule has 0 aliphatic carbocycles. The van der Waals surface area contributed by atoms with Gasteiger partial charge in [-0.05, 0) is 61.5 Å². The molecule has 1 aromatic carbocycles. The second-order valence-electron chi connectivity index (χ2n) is 8.11. The Morgan fingerprint density at radius 2 is 2.06 bits per heavy atom. The van der Waals surface area contributed by atoms with Gasteiger partial charge in [0.25, 0.3) is 5.91 Å². The van der Waals surface area contributed by atoms with Gasteiger partial charge in [0.05, 0.1) is 22.3 Å². The summed E-state index contributed by atoms with van der Waals surface area (Å²) >= 11 is 2.54. The number of likely N-dealkylation sites (N-methyl/N-ethyl adjacent to an activating group) is 1. The van der Waals surface area contributed by atoms with Gasteiger partial charge >= 0.3 is 6.18 Å². The Labute approximate surface area is 203 Å². The molecular weight excluding hydrogens is 485 g/mol. The van der Waals surface area contributed by atoms with Crippen LogP contribution >= 0.6 is 23.1 Å². The van der Waals surface area contributed by atoms with Gasteiger partial charge in [0, 0.05) is 35.5 Å². The number of hydrogen-bond donors (Lipinski definition) is 2. The molecule has 34 heavy (non-hydrogen) atoms. The Bertz CT molecular complexity index is 1160. The molecule has 2 N–H and O–H groups in total. The molecule has 0 bridgehead atoms. The maximum Gasteiger partial charge on any atom is 0.416 e. The monoisotopic (exact) mass is 508 g/mol. The molecule has 2 aromatic rings. The number of nitrogens with zero attached hydrogens (tertiary/aromatic N) is 2. The summed E-state index contributed by atoms with van der Waals surface area (Å²) in [5.41, 5.74) is 0.183. The summed E-state index contributed by atoms with van der Waals surface area (Å²) in [6.45, 7) is 1.99. The predicted octanol–water partition coefficient (Wildman–Crippen LogP) is 4.18. The lowest BCUT2D eigenvalue weighted by Gasteiger charge is -2.36. The molecule has 1 aromatic heterocycles. The van der Waals surface area contributed by atoms with E-state index in [1.54, 1.807) is 23.1 Å². The van der Waals surface area contributed by atoms with Crippen molar-refractivity contribution in [2.75, 3.05) is 39.0 Å². The van der Waals surface area contributed by atoms with Gasteiger partial charge in [-0.1, -0.05) is 11.8 Å². The van der Waals surface area contributed by atoms with Gasteiger partial charge in [0.2, 0.25) is 5.91 Å². The molecule has 0 spiro atoms. The minimum atomic E-state index is -4.47. The molecule has 3 heterocycles. The lowest BCUT2D eigenvalue weighted by Crippen LogP contribution is -2.57. The Hall–Kier alpha value is -2.60. The number of piperazine rings is 1. The van der Waals surface area contributed by atoms with E-state index in [9.17, 15) is 22.8 Å². The maximum atomic E-state index is 12.9. The third-order valence-corrected chi connectivity index (χ3v) is 7.42. The Balaban J connectivity index is 1.43. The van der Waals surface area contributed by atoms with Crippen LogP contribution in [-0.2, 0) is 15.8 Å². The number of amides is 2. The summed E-state index contributed by atoms with van der Waals surface area (Å²) in [5, 5.41) is 7.78. The number of carbonyl (C=O) groups excluding carboxylic acids is 2. The van der Waals surface area contributed by atoms with Gasteiger partial charge in [-0.15, -0.1) is 11.3 Å². The van der Waals surface area contributed by atoms with E-state index in [1.807, 2.05) is 30.4 Å². The van der Waals surface area contributed by atoms with Gasteiger partial charge in [-0.25, -0.2) is 0 Å². The number of rotatable bonds is 4. The largest absolute Gasteiger partial charge is 0.416 e. The van der Waals surface area contributed by atoms with E-state index >= 15 is 0 Å². The van der Waals surface area contributed by atoms with Crippen LogP contribution in [0.4, 0.5) is 18.9 Å². The van der Waals surface area contributed by atoms with Crippen molar-refractivity contribution in [3.8, 4) is 0 Å². The first-order chi connectivity index (χ1) is 16.1. The van der Waals surface area contributed by atoms with Crippen LogP contribution < -0.4 is 10.6 Å². The fourth-order valence-electron chi connectivity index (χ4n) is 3.55. The molecule has 1 fully saturated rings. The van der Waals surface area contributed by atoms with Crippen LogP contribution in [0, 0.1) is 0 Å². The average molecular weight is 509 g/mol. The minimum Gasteiger partial charge on any atom is -0.335 e. The zero-order valence-corrected chi connectivity index (χ0v) is 20.1. The molecule has 2 aliphatic rings. The fourth-order valence-corrected chi connectivity index (χ4v) is 5.35. The van der Waals surface area contributed by atoms with Crippen molar-refractivity contribution in [1.29, 1.82) is 0 Å². The van der Waals surface area contributed by atoms with E-state index in [4.69, 9.17) is 0 Å². The van der Waals surface area contributed by atoms with Crippen molar-refractivity contribution in [3.05, 3.63) is 56.6 Å². The molecule has 1 atom stereocenters. The molecular formula is C23H23F3N4O2S2. The summed E-state index contributed by atoms with van der Waals surface area (Å²) in [6, 6.07) is 5.17. The van der Waals surface area contributed by atoms with E-state index in [-0.39, 0.29) is 17.8 Å². The van der Waals surface area contributed by atoms with Crippen molar-refractivity contribution < 1.29 is 22.8 Å². The number of carbonyl (C=O) groups is 2. The van der Waals surface area contributed by atoms with Crippen LogP contribution in [0.15, 0.2) is 45.5 Å². The molecule has 4 rings (SSSR count). The molecule has 2 amide bonds. The zero-order chi connectivity index (χ0) is 24.5. The van der Waals surface area contributed by atoms with E-state index in [0.717, 1.165) is 40.9 Å². The van der Waals surface area contributed by atoms with Crippen LogP contribution in [0.3, 0.4) is 0 Å². The molecule has 11 heteroatoms. The van der Waals surface area contributed by atoms with Gasteiger partial charge < -0.3 is 10.2 Å². The summed E-state index contributed by atoms with van der Waals surface area (Å²) < 4.78 is 38.8. The Kier molecular flexibility index (Phi) is 7.17. The lowest BCUT2D eigenvalue weighted by atomic mass is 10.2. The van der Waals surface area contributed by atoms with Crippen molar-refractivity contribution in [2.24, 2.45) is 0 Å². The first-order valence-corrected chi connectivity index (χ1v) is 12.2. The Morgan fingerprint density at radius 3 is 2.79 bits per heavy atom. The normalized spacial score (nSPS) is 20.2. The quantitative estimate of drug-likeness (QED) is 0.607. The van der Waals surface area contributed by atoms with Crippen molar-refractivity contribution in [3.63, 3.8) is 0 Å². The van der Waals surface area contributed by atoms with E-state index in [1.165, 1.54) is 17.4 Å². The van der Waals surface area contributed by atoms with Gasteiger partial charge in [-0.3, -0.25) is 19.8 Å². The van der Waals surface area contributed by atoms with E-state index in [0.29, 0.717) is 22.9 Å².